The van der Waals surface area contributed by atoms with E-state index in [1.165, 1.54) is 0 Å². The van der Waals surface area contributed by atoms with Gasteiger partial charge in [-0.05, 0) is 52.1 Å². The summed E-state index contributed by atoms with van der Waals surface area (Å²) in [7, 11) is 1.66. The summed E-state index contributed by atoms with van der Waals surface area (Å²) in [5.74, 6) is -0.190. The Hall–Kier alpha value is -1.34. The second-order valence-electron chi connectivity index (χ2n) is 6.98. The summed E-state index contributed by atoms with van der Waals surface area (Å²) in [4.78, 5) is 28.2. The summed E-state index contributed by atoms with van der Waals surface area (Å²) in [5, 5.41) is 2.86. The highest BCUT2D eigenvalue weighted by atomic mass is 16.5. The number of carbonyl (C=O) groups is 2. The molecule has 7 nitrogen and oxygen atoms in total. The molecule has 2 aliphatic rings. The van der Waals surface area contributed by atoms with Crippen LogP contribution in [0.2, 0.25) is 0 Å². The maximum absolute atomic E-state index is 11.9. The van der Waals surface area contributed by atoms with Crippen LogP contribution in [-0.4, -0.2) is 74.2 Å². The summed E-state index contributed by atoms with van der Waals surface area (Å²) < 4.78 is 5.15. The Labute approximate surface area is 144 Å². The van der Waals surface area contributed by atoms with Gasteiger partial charge >= 0.3 is 6.03 Å². The van der Waals surface area contributed by atoms with E-state index in [1.807, 2.05) is 11.8 Å². The molecular weight excluding hydrogens is 308 g/mol. The van der Waals surface area contributed by atoms with Crippen LogP contribution in [-0.2, 0) is 9.53 Å². The lowest BCUT2D eigenvalue weighted by Gasteiger charge is -2.45. The van der Waals surface area contributed by atoms with Crippen LogP contribution in [0.1, 0.15) is 39.0 Å². The average Bonchev–Trinajstić information content (AvgIpc) is 2.60. The number of piperidine rings is 2. The van der Waals surface area contributed by atoms with Gasteiger partial charge < -0.3 is 25.6 Å². The minimum Gasteiger partial charge on any atom is -0.385 e. The van der Waals surface area contributed by atoms with Crippen LogP contribution in [0.3, 0.4) is 0 Å². The molecule has 2 fully saturated rings. The fraction of sp³-hybridized carbons (Fsp3) is 0.882. The molecule has 2 heterocycles. The number of amides is 3. The third-order valence-electron chi connectivity index (χ3n) is 5.66. The maximum atomic E-state index is 11.9. The van der Waals surface area contributed by atoms with Crippen molar-refractivity contribution in [1.29, 1.82) is 0 Å². The number of hydrogen-bond acceptors (Lipinski definition) is 4. The molecule has 0 bridgehead atoms. The Bertz CT molecular complexity index is 428. The zero-order valence-corrected chi connectivity index (χ0v) is 15.1. The fourth-order valence-corrected chi connectivity index (χ4v) is 3.93. The standard InChI is InChI=1S/C17H32N4O3/c1-3-19-16(23)21-9-4-14(5-10-21)20-11-6-17(7-12-20,15(18)22)8-13-24-2/h14H,3-13H2,1-2H3,(H2,18,22)(H,19,23). The first-order valence-electron chi connectivity index (χ1n) is 9.08. The van der Waals surface area contributed by atoms with Gasteiger partial charge in [0.25, 0.3) is 0 Å². The van der Waals surface area contributed by atoms with E-state index in [1.54, 1.807) is 7.11 Å². The largest absolute Gasteiger partial charge is 0.385 e. The fourth-order valence-electron chi connectivity index (χ4n) is 3.93. The minimum absolute atomic E-state index is 0.0434. The third-order valence-corrected chi connectivity index (χ3v) is 5.66. The summed E-state index contributed by atoms with van der Waals surface area (Å²) in [6.45, 7) is 6.59. The van der Waals surface area contributed by atoms with E-state index in [0.717, 1.165) is 51.9 Å². The normalized spacial score (nSPS) is 22.3. The van der Waals surface area contributed by atoms with Crippen molar-refractivity contribution in [2.75, 3.05) is 46.4 Å². The average molecular weight is 340 g/mol. The third kappa shape index (κ3) is 4.39. The maximum Gasteiger partial charge on any atom is 0.317 e. The van der Waals surface area contributed by atoms with Crippen LogP contribution in [0.15, 0.2) is 0 Å². The number of primary amides is 1. The zero-order chi connectivity index (χ0) is 17.6. The van der Waals surface area contributed by atoms with Crippen molar-refractivity contribution in [3.8, 4) is 0 Å². The highest BCUT2D eigenvalue weighted by Crippen LogP contribution is 2.36. The van der Waals surface area contributed by atoms with E-state index < -0.39 is 5.41 Å². The molecule has 0 atom stereocenters. The first kappa shape index (κ1) is 19.0. The van der Waals surface area contributed by atoms with Crippen molar-refractivity contribution >= 4 is 11.9 Å². The topological polar surface area (TPSA) is 87.9 Å². The van der Waals surface area contributed by atoms with Gasteiger partial charge in [0.2, 0.25) is 5.91 Å². The molecule has 3 N–H and O–H groups in total. The predicted octanol–water partition coefficient (Wildman–Crippen LogP) is 0.784. The SMILES string of the molecule is CCNC(=O)N1CCC(N2CCC(CCOC)(C(N)=O)CC2)CC1. The monoisotopic (exact) mass is 340 g/mol. The molecule has 0 aromatic rings. The second kappa shape index (κ2) is 8.67. The van der Waals surface area contributed by atoms with E-state index in [2.05, 4.69) is 10.2 Å². The van der Waals surface area contributed by atoms with Crippen molar-refractivity contribution in [3.05, 3.63) is 0 Å². The first-order valence-corrected chi connectivity index (χ1v) is 9.08. The molecular formula is C17H32N4O3. The minimum atomic E-state index is -0.409. The molecule has 2 rings (SSSR count). The lowest BCUT2D eigenvalue weighted by molar-refractivity contribution is -0.132. The second-order valence-corrected chi connectivity index (χ2v) is 6.98. The quantitative estimate of drug-likeness (QED) is 0.748. The Kier molecular flexibility index (Phi) is 6.86. The highest BCUT2D eigenvalue weighted by Gasteiger charge is 2.41. The molecule has 138 valence electrons. The number of hydrogen-bond donors (Lipinski definition) is 2. The number of rotatable bonds is 6. The summed E-state index contributed by atoms with van der Waals surface area (Å²) in [6.07, 6.45) is 4.32. The smallest absolute Gasteiger partial charge is 0.317 e. The predicted molar refractivity (Wildman–Crippen MR) is 92.6 cm³/mol. The van der Waals surface area contributed by atoms with Gasteiger partial charge in [-0.2, -0.15) is 0 Å². The van der Waals surface area contributed by atoms with Gasteiger partial charge in [0.05, 0.1) is 5.41 Å². The molecule has 0 unspecified atom stereocenters. The van der Waals surface area contributed by atoms with E-state index >= 15 is 0 Å². The van der Waals surface area contributed by atoms with Crippen LogP contribution in [0.5, 0.6) is 0 Å². The van der Waals surface area contributed by atoms with Gasteiger partial charge in [-0.15, -0.1) is 0 Å². The lowest BCUT2D eigenvalue weighted by Crippen LogP contribution is -2.54. The lowest BCUT2D eigenvalue weighted by atomic mass is 9.74. The molecule has 0 saturated carbocycles. The summed E-state index contributed by atoms with van der Waals surface area (Å²) in [5.41, 5.74) is 5.27. The van der Waals surface area contributed by atoms with Crippen molar-refractivity contribution in [2.24, 2.45) is 11.1 Å². The number of likely N-dealkylation sites (tertiary alicyclic amines) is 2. The number of carbonyl (C=O) groups excluding carboxylic acids is 2. The van der Waals surface area contributed by atoms with Crippen molar-refractivity contribution in [3.63, 3.8) is 0 Å². The number of nitrogens with zero attached hydrogens (tertiary/aromatic N) is 2. The summed E-state index contributed by atoms with van der Waals surface area (Å²) in [6, 6.07) is 0.547. The Balaban J connectivity index is 1.82. The van der Waals surface area contributed by atoms with Crippen molar-refractivity contribution < 1.29 is 14.3 Å². The number of nitrogens with two attached hydrogens (primary N) is 1. The van der Waals surface area contributed by atoms with Gasteiger partial charge in [0.1, 0.15) is 0 Å². The number of methoxy groups -OCH3 is 1. The Morgan fingerprint density at radius 1 is 1.21 bits per heavy atom. The summed E-state index contributed by atoms with van der Waals surface area (Å²) >= 11 is 0. The van der Waals surface area contributed by atoms with E-state index in [0.29, 0.717) is 25.6 Å². The van der Waals surface area contributed by atoms with Crippen molar-refractivity contribution in [1.82, 2.24) is 15.1 Å². The molecule has 0 radical (unpaired) electrons. The molecule has 2 aliphatic heterocycles. The van der Waals surface area contributed by atoms with Crippen LogP contribution in [0.25, 0.3) is 0 Å². The Morgan fingerprint density at radius 3 is 2.33 bits per heavy atom. The van der Waals surface area contributed by atoms with Gasteiger partial charge in [-0.1, -0.05) is 0 Å². The number of nitrogens with one attached hydrogen (secondary N) is 1. The highest BCUT2D eigenvalue weighted by molar-refractivity contribution is 5.81. The van der Waals surface area contributed by atoms with Crippen molar-refractivity contribution in [2.45, 2.75) is 45.1 Å². The molecule has 0 spiro atoms. The molecule has 0 aliphatic carbocycles. The molecule has 0 aromatic carbocycles. The van der Waals surface area contributed by atoms with Gasteiger partial charge in [-0.3, -0.25) is 4.79 Å². The van der Waals surface area contributed by atoms with Crippen LogP contribution < -0.4 is 11.1 Å². The zero-order valence-electron chi connectivity index (χ0n) is 15.1. The molecule has 2 saturated heterocycles. The first-order chi connectivity index (χ1) is 11.5. The van der Waals surface area contributed by atoms with Crippen LogP contribution >= 0.6 is 0 Å². The van der Waals surface area contributed by atoms with E-state index in [-0.39, 0.29) is 11.9 Å². The van der Waals surface area contributed by atoms with Gasteiger partial charge in [0.15, 0.2) is 0 Å². The van der Waals surface area contributed by atoms with Crippen LogP contribution in [0.4, 0.5) is 4.79 Å². The van der Waals surface area contributed by atoms with E-state index in [4.69, 9.17) is 10.5 Å². The number of urea groups is 1. The molecule has 0 aromatic heterocycles. The molecule has 3 amide bonds. The molecule has 7 heteroatoms. The molecule has 24 heavy (non-hydrogen) atoms. The van der Waals surface area contributed by atoms with Gasteiger partial charge in [-0.25, -0.2) is 4.79 Å². The van der Waals surface area contributed by atoms with Crippen LogP contribution in [0, 0.1) is 5.41 Å². The van der Waals surface area contributed by atoms with E-state index in [9.17, 15) is 9.59 Å². The van der Waals surface area contributed by atoms with Gasteiger partial charge in [0, 0.05) is 39.4 Å². The number of ether oxygens (including phenoxy) is 1. The Morgan fingerprint density at radius 2 is 1.83 bits per heavy atom.